The Morgan fingerprint density at radius 3 is 2.69 bits per heavy atom. The summed E-state index contributed by atoms with van der Waals surface area (Å²) in [6.45, 7) is 2.88. The Hall–Kier alpha value is -0.610. The van der Waals surface area contributed by atoms with Crippen LogP contribution in [0.4, 0.5) is 8.78 Å². The van der Waals surface area contributed by atoms with Gasteiger partial charge in [-0.1, -0.05) is 13.0 Å². The van der Waals surface area contributed by atoms with Gasteiger partial charge in [0.25, 0.3) is 0 Å². The first-order chi connectivity index (χ1) is 7.67. The van der Waals surface area contributed by atoms with Crippen molar-refractivity contribution >= 4 is 11.8 Å². The van der Waals surface area contributed by atoms with E-state index < -0.39 is 11.6 Å². The van der Waals surface area contributed by atoms with Crippen LogP contribution in [0, 0.1) is 11.6 Å². The molecule has 0 radical (unpaired) electrons. The molecule has 0 spiro atoms. The Morgan fingerprint density at radius 2 is 2.12 bits per heavy atom. The third-order valence-corrected chi connectivity index (χ3v) is 3.08. The zero-order chi connectivity index (χ0) is 12.0. The number of thioether (sulfide) groups is 1. The van der Waals surface area contributed by atoms with Gasteiger partial charge in [-0.05, 0) is 30.9 Å². The van der Waals surface area contributed by atoms with Crippen molar-refractivity contribution in [2.75, 3.05) is 18.6 Å². The molecule has 1 N–H and O–H groups in total. The molecule has 0 amide bonds. The van der Waals surface area contributed by atoms with Gasteiger partial charge in [-0.2, -0.15) is 11.8 Å². The first kappa shape index (κ1) is 13.5. The van der Waals surface area contributed by atoms with Gasteiger partial charge in [0.2, 0.25) is 0 Å². The summed E-state index contributed by atoms with van der Waals surface area (Å²) in [7, 11) is 0. The summed E-state index contributed by atoms with van der Waals surface area (Å²) in [6.07, 6.45) is 2.62. The maximum Gasteiger partial charge on any atom is 0.129 e. The van der Waals surface area contributed by atoms with Crippen molar-refractivity contribution in [3.63, 3.8) is 0 Å². The Bertz CT molecular complexity index is 325. The second kappa shape index (κ2) is 6.86. The summed E-state index contributed by atoms with van der Waals surface area (Å²) in [5.41, 5.74) is 0.571. The monoisotopic (exact) mass is 245 g/mol. The molecule has 0 aromatic heterocycles. The molecule has 0 heterocycles. The lowest BCUT2D eigenvalue weighted by molar-refractivity contribution is 0.535. The smallest absolute Gasteiger partial charge is 0.129 e. The Morgan fingerprint density at radius 1 is 1.38 bits per heavy atom. The van der Waals surface area contributed by atoms with Crippen LogP contribution >= 0.6 is 11.8 Å². The average Bonchev–Trinajstić information content (AvgIpc) is 2.23. The van der Waals surface area contributed by atoms with Crippen molar-refractivity contribution in [2.24, 2.45) is 0 Å². The Labute approximate surface area is 99.6 Å². The molecule has 0 saturated carbocycles. The third kappa shape index (κ3) is 4.10. The lowest BCUT2D eigenvalue weighted by Crippen LogP contribution is -2.33. The zero-order valence-electron chi connectivity index (χ0n) is 9.59. The Balaban J connectivity index is 2.68. The van der Waals surface area contributed by atoms with E-state index in [1.807, 2.05) is 13.2 Å². The van der Waals surface area contributed by atoms with E-state index in [9.17, 15) is 8.78 Å². The van der Waals surface area contributed by atoms with Crippen molar-refractivity contribution in [3.8, 4) is 0 Å². The predicted molar refractivity (Wildman–Crippen MR) is 65.9 cm³/mol. The molecule has 1 unspecified atom stereocenters. The quantitative estimate of drug-likeness (QED) is 0.827. The lowest BCUT2D eigenvalue weighted by atomic mass is 10.1. The van der Waals surface area contributed by atoms with E-state index in [2.05, 4.69) is 5.32 Å². The van der Waals surface area contributed by atoms with Crippen LogP contribution in [0.1, 0.15) is 12.5 Å². The molecule has 90 valence electrons. The van der Waals surface area contributed by atoms with Crippen molar-refractivity contribution in [3.05, 3.63) is 35.4 Å². The second-order valence-electron chi connectivity index (χ2n) is 3.65. The number of hydrogen-bond donors (Lipinski definition) is 1. The SMILES string of the molecule is CCNC(CSC)Cc1ccc(F)cc1F. The topological polar surface area (TPSA) is 12.0 Å². The van der Waals surface area contributed by atoms with Crippen LogP contribution < -0.4 is 5.32 Å². The van der Waals surface area contributed by atoms with E-state index in [0.717, 1.165) is 18.4 Å². The molecular formula is C12H17F2NS. The van der Waals surface area contributed by atoms with E-state index in [0.29, 0.717) is 12.0 Å². The maximum atomic E-state index is 13.4. The Kier molecular flexibility index (Phi) is 5.77. The minimum Gasteiger partial charge on any atom is -0.313 e. The van der Waals surface area contributed by atoms with Crippen LogP contribution in [-0.4, -0.2) is 24.6 Å². The third-order valence-electron chi connectivity index (χ3n) is 2.34. The van der Waals surface area contributed by atoms with Crippen molar-refractivity contribution in [1.82, 2.24) is 5.32 Å². The molecule has 1 aromatic carbocycles. The highest BCUT2D eigenvalue weighted by molar-refractivity contribution is 7.98. The highest BCUT2D eigenvalue weighted by Gasteiger charge is 2.11. The molecule has 1 nitrogen and oxygen atoms in total. The van der Waals surface area contributed by atoms with Crippen LogP contribution in [0.3, 0.4) is 0 Å². The summed E-state index contributed by atoms with van der Waals surface area (Å²) in [4.78, 5) is 0. The van der Waals surface area contributed by atoms with Crippen LogP contribution in [0.25, 0.3) is 0 Å². The molecule has 0 aliphatic carbocycles. The highest BCUT2D eigenvalue weighted by Crippen LogP contribution is 2.13. The van der Waals surface area contributed by atoms with Crippen LogP contribution in [-0.2, 0) is 6.42 Å². The minimum absolute atomic E-state index is 0.236. The number of hydrogen-bond acceptors (Lipinski definition) is 2. The summed E-state index contributed by atoms with van der Waals surface area (Å²) in [5, 5.41) is 3.29. The number of benzene rings is 1. The van der Waals surface area contributed by atoms with E-state index >= 15 is 0 Å². The second-order valence-corrected chi connectivity index (χ2v) is 4.56. The summed E-state index contributed by atoms with van der Waals surface area (Å²) < 4.78 is 26.1. The summed E-state index contributed by atoms with van der Waals surface area (Å²) in [6, 6.07) is 4.01. The number of nitrogens with one attached hydrogen (secondary N) is 1. The van der Waals surface area contributed by atoms with Crippen molar-refractivity contribution in [1.29, 1.82) is 0 Å². The van der Waals surface area contributed by atoms with Gasteiger partial charge < -0.3 is 5.32 Å². The predicted octanol–water partition coefficient (Wildman–Crippen LogP) is 2.85. The first-order valence-corrected chi connectivity index (χ1v) is 6.73. The summed E-state index contributed by atoms with van der Waals surface area (Å²) >= 11 is 1.72. The number of likely N-dealkylation sites (N-methyl/N-ethyl adjacent to an activating group) is 1. The van der Waals surface area contributed by atoms with Crippen LogP contribution in [0.15, 0.2) is 18.2 Å². The van der Waals surface area contributed by atoms with E-state index in [-0.39, 0.29) is 6.04 Å². The normalized spacial score (nSPS) is 12.8. The molecule has 0 aliphatic heterocycles. The van der Waals surface area contributed by atoms with Gasteiger partial charge in [-0.25, -0.2) is 8.78 Å². The molecule has 1 rings (SSSR count). The number of rotatable bonds is 6. The fourth-order valence-electron chi connectivity index (χ4n) is 1.63. The molecular weight excluding hydrogens is 228 g/mol. The van der Waals surface area contributed by atoms with Gasteiger partial charge in [-0.15, -0.1) is 0 Å². The van der Waals surface area contributed by atoms with Crippen LogP contribution in [0.5, 0.6) is 0 Å². The standard InChI is InChI=1S/C12H17F2NS/c1-3-15-11(8-16-2)6-9-4-5-10(13)7-12(9)14/h4-5,7,11,15H,3,6,8H2,1-2H3. The molecule has 4 heteroatoms. The molecule has 0 aliphatic rings. The van der Waals surface area contributed by atoms with Crippen LogP contribution in [0.2, 0.25) is 0 Å². The highest BCUT2D eigenvalue weighted by atomic mass is 32.2. The van der Waals surface area contributed by atoms with Crippen molar-refractivity contribution in [2.45, 2.75) is 19.4 Å². The number of halogens is 2. The van der Waals surface area contributed by atoms with Gasteiger partial charge in [0.1, 0.15) is 11.6 Å². The summed E-state index contributed by atoms with van der Waals surface area (Å²) in [5.74, 6) is -0.0555. The molecule has 1 aromatic rings. The van der Waals surface area contributed by atoms with E-state index in [1.165, 1.54) is 12.1 Å². The van der Waals surface area contributed by atoms with E-state index in [4.69, 9.17) is 0 Å². The van der Waals surface area contributed by atoms with Gasteiger partial charge in [0, 0.05) is 17.9 Å². The maximum absolute atomic E-state index is 13.4. The zero-order valence-corrected chi connectivity index (χ0v) is 10.4. The fourth-order valence-corrected chi connectivity index (χ4v) is 2.27. The molecule has 1 atom stereocenters. The fraction of sp³-hybridized carbons (Fsp3) is 0.500. The van der Waals surface area contributed by atoms with Gasteiger partial charge in [0.05, 0.1) is 0 Å². The van der Waals surface area contributed by atoms with Gasteiger partial charge in [0.15, 0.2) is 0 Å². The molecule has 0 bridgehead atoms. The minimum atomic E-state index is -0.522. The van der Waals surface area contributed by atoms with Crippen molar-refractivity contribution < 1.29 is 8.78 Å². The largest absolute Gasteiger partial charge is 0.313 e. The lowest BCUT2D eigenvalue weighted by Gasteiger charge is -2.17. The average molecular weight is 245 g/mol. The molecule has 16 heavy (non-hydrogen) atoms. The van der Waals surface area contributed by atoms with Gasteiger partial charge in [-0.3, -0.25) is 0 Å². The first-order valence-electron chi connectivity index (χ1n) is 5.33. The van der Waals surface area contributed by atoms with Gasteiger partial charge >= 0.3 is 0 Å². The molecule has 0 fully saturated rings. The molecule has 0 saturated heterocycles. The van der Waals surface area contributed by atoms with E-state index in [1.54, 1.807) is 11.8 Å².